The van der Waals surface area contributed by atoms with Crippen molar-refractivity contribution in [2.45, 2.75) is 62.6 Å². The molecule has 2 saturated heterocycles. The van der Waals surface area contributed by atoms with Gasteiger partial charge in [-0.1, -0.05) is 0 Å². The minimum absolute atomic E-state index is 0.207. The highest BCUT2D eigenvalue weighted by atomic mass is 16.1. The molecule has 7 heteroatoms. The lowest BCUT2D eigenvalue weighted by molar-refractivity contribution is 0.1000. The topological polar surface area (TPSA) is 99.1 Å². The SMILES string of the molecule is N#CN1C2CCC1C(C1Cc3cc(C(N)=O)ccc3N1c1cncc(C3CC3)n1)C2. The summed E-state index contributed by atoms with van der Waals surface area (Å²) in [5, 5.41) is 9.65. The molecule has 2 bridgehead atoms. The van der Waals surface area contributed by atoms with E-state index < -0.39 is 5.91 Å². The lowest BCUT2D eigenvalue weighted by Gasteiger charge is -2.34. The number of aromatic nitrogens is 2. The Morgan fingerprint density at radius 3 is 2.77 bits per heavy atom. The van der Waals surface area contributed by atoms with Crippen LogP contribution in [-0.2, 0) is 6.42 Å². The van der Waals surface area contributed by atoms with E-state index >= 15 is 0 Å². The predicted octanol–water partition coefficient (Wildman–Crippen LogP) is 2.85. The summed E-state index contributed by atoms with van der Waals surface area (Å²) in [6, 6.07) is 6.58. The van der Waals surface area contributed by atoms with Gasteiger partial charge in [0.15, 0.2) is 12.0 Å². The number of carbonyl (C=O) groups excluding carboxylic acids is 1. The molecule has 1 saturated carbocycles. The van der Waals surface area contributed by atoms with Gasteiger partial charge in [0.1, 0.15) is 0 Å². The number of carbonyl (C=O) groups is 1. The van der Waals surface area contributed by atoms with Gasteiger partial charge in [0.05, 0.1) is 11.9 Å². The fourth-order valence-electron chi connectivity index (χ4n) is 5.94. The first kappa shape index (κ1) is 17.7. The second kappa shape index (κ2) is 6.43. The lowest BCUT2D eigenvalue weighted by Crippen LogP contribution is -2.41. The molecule has 1 amide bonds. The summed E-state index contributed by atoms with van der Waals surface area (Å²) in [6.07, 6.45) is 12.6. The third-order valence-corrected chi connectivity index (χ3v) is 7.46. The van der Waals surface area contributed by atoms with Crippen LogP contribution in [0, 0.1) is 17.4 Å². The highest BCUT2D eigenvalue weighted by Crippen LogP contribution is 2.50. The van der Waals surface area contributed by atoms with Crippen molar-refractivity contribution in [1.29, 1.82) is 5.26 Å². The van der Waals surface area contributed by atoms with Crippen LogP contribution >= 0.6 is 0 Å². The summed E-state index contributed by atoms with van der Waals surface area (Å²) >= 11 is 0. The molecule has 3 aliphatic heterocycles. The van der Waals surface area contributed by atoms with Gasteiger partial charge in [0.25, 0.3) is 0 Å². The van der Waals surface area contributed by atoms with Crippen molar-refractivity contribution in [1.82, 2.24) is 14.9 Å². The van der Waals surface area contributed by atoms with Gasteiger partial charge in [-0.25, -0.2) is 4.98 Å². The number of amides is 1. The zero-order valence-electron chi connectivity index (χ0n) is 16.7. The molecule has 4 aliphatic rings. The van der Waals surface area contributed by atoms with Crippen molar-refractivity contribution >= 4 is 17.4 Å². The zero-order valence-corrected chi connectivity index (χ0v) is 16.7. The summed E-state index contributed by atoms with van der Waals surface area (Å²) < 4.78 is 0. The summed E-state index contributed by atoms with van der Waals surface area (Å²) in [5.74, 6) is 1.39. The van der Waals surface area contributed by atoms with Crippen LogP contribution in [-0.4, -0.2) is 38.9 Å². The van der Waals surface area contributed by atoms with Crippen molar-refractivity contribution in [2.24, 2.45) is 11.7 Å². The van der Waals surface area contributed by atoms with Crippen molar-refractivity contribution < 1.29 is 4.79 Å². The number of nitrogens with two attached hydrogens (primary N) is 1. The van der Waals surface area contributed by atoms with Gasteiger partial charge >= 0.3 is 0 Å². The van der Waals surface area contributed by atoms with E-state index in [9.17, 15) is 10.1 Å². The van der Waals surface area contributed by atoms with E-state index in [1.807, 2.05) is 29.4 Å². The molecular weight excluding hydrogens is 376 g/mol. The van der Waals surface area contributed by atoms with Gasteiger partial charge in [-0.05, 0) is 62.3 Å². The van der Waals surface area contributed by atoms with Crippen LogP contribution in [0.2, 0.25) is 0 Å². The number of nitriles is 1. The van der Waals surface area contributed by atoms with Crippen LogP contribution in [0.15, 0.2) is 30.6 Å². The third-order valence-electron chi connectivity index (χ3n) is 7.46. The Morgan fingerprint density at radius 1 is 1.17 bits per heavy atom. The van der Waals surface area contributed by atoms with Crippen LogP contribution in [0.25, 0.3) is 0 Å². The number of hydrogen-bond acceptors (Lipinski definition) is 6. The molecule has 152 valence electrons. The van der Waals surface area contributed by atoms with E-state index in [2.05, 4.69) is 16.1 Å². The van der Waals surface area contributed by atoms with E-state index in [1.165, 1.54) is 12.8 Å². The molecule has 0 radical (unpaired) electrons. The lowest BCUT2D eigenvalue weighted by atomic mass is 9.82. The molecule has 0 spiro atoms. The van der Waals surface area contributed by atoms with Crippen molar-refractivity contribution in [3.8, 4) is 6.19 Å². The number of rotatable bonds is 4. The molecule has 3 fully saturated rings. The first-order valence-electron chi connectivity index (χ1n) is 10.9. The van der Waals surface area contributed by atoms with Crippen LogP contribution < -0.4 is 10.6 Å². The largest absolute Gasteiger partial charge is 0.366 e. The summed E-state index contributed by atoms with van der Waals surface area (Å²) in [6.45, 7) is 0. The van der Waals surface area contributed by atoms with E-state index in [-0.39, 0.29) is 12.1 Å². The molecule has 1 aromatic heterocycles. The van der Waals surface area contributed by atoms with Crippen molar-refractivity contribution in [2.75, 3.05) is 4.90 Å². The third kappa shape index (κ3) is 2.59. The number of benzene rings is 1. The molecule has 4 unspecified atom stereocenters. The standard InChI is InChI=1S/C23H24N6O/c24-12-28-16-4-6-20(28)17(9-16)21-8-15-7-14(23(25)30)3-5-19(15)29(21)22-11-26-10-18(27-22)13-1-2-13/h3,5,7,10-11,13,16-17,20-21H,1-2,4,6,8-9H2,(H2,25,30). The van der Waals surface area contributed by atoms with Gasteiger partial charge in [0.2, 0.25) is 5.91 Å². The molecular formula is C23H24N6O. The van der Waals surface area contributed by atoms with Crippen LogP contribution in [0.5, 0.6) is 0 Å². The Morgan fingerprint density at radius 2 is 2.03 bits per heavy atom. The minimum Gasteiger partial charge on any atom is -0.366 e. The predicted molar refractivity (Wildman–Crippen MR) is 111 cm³/mol. The van der Waals surface area contributed by atoms with E-state index in [4.69, 9.17) is 10.7 Å². The summed E-state index contributed by atoms with van der Waals surface area (Å²) in [7, 11) is 0. The number of anilines is 2. The molecule has 2 aromatic rings. The molecule has 4 atom stereocenters. The molecule has 6 rings (SSSR count). The van der Waals surface area contributed by atoms with Crippen molar-refractivity contribution in [3.63, 3.8) is 0 Å². The average Bonchev–Trinajstić information content (AvgIpc) is 3.32. The summed E-state index contributed by atoms with van der Waals surface area (Å²) in [5.41, 5.74) is 9.36. The Hall–Kier alpha value is -3.14. The maximum absolute atomic E-state index is 11.7. The van der Waals surface area contributed by atoms with Gasteiger partial charge in [-0.3, -0.25) is 9.78 Å². The Labute approximate surface area is 175 Å². The fraction of sp³-hybridized carbons (Fsp3) is 0.478. The molecule has 30 heavy (non-hydrogen) atoms. The van der Waals surface area contributed by atoms with E-state index in [1.54, 1.807) is 6.07 Å². The second-order valence-electron chi connectivity index (χ2n) is 9.13. The first-order valence-corrected chi connectivity index (χ1v) is 10.9. The van der Waals surface area contributed by atoms with Crippen LogP contribution in [0.4, 0.5) is 11.5 Å². The van der Waals surface area contributed by atoms with E-state index in [0.717, 1.165) is 48.4 Å². The number of hydrogen-bond donors (Lipinski definition) is 1. The number of fused-ring (bicyclic) bond motifs is 3. The molecule has 1 aliphatic carbocycles. The molecule has 7 nitrogen and oxygen atoms in total. The van der Waals surface area contributed by atoms with Gasteiger partial charge in [-0.15, -0.1) is 0 Å². The highest BCUT2D eigenvalue weighted by Gasteiger charge is 2.52. The first-order chi connectivity index (χ1) is 14.6. The Kier molecular flexibility index (Phi) is 3.79. The smallest absolute Gasteiger partial charge is 0.248 e. The summed E-state index contributed by atoms with van der Waals surface area (Å²) in [4.78, 5) is 25.6. The fourth-order valence-corrected chi connectivity index (χ4v) is 5.94. The molecule has 1 aromatic carbocycles. The molecule has 2 N–H and O–H groups in total. The highest BCUT2D eigenvalue weighted by molar-refractivity contribution is 5.94. The second-order valence-corrected chi connectivity index (χ2v) is 9.13. The minimum atomic E-state index is -0.404. The average molecular weight is 400 g/mol. The van der Waals surface area contributed by atoms with E-state index in [0.29, 0.717) is 23.4 Å². The maximum atomic E-state index is 11.7. The Bertz CT molecular complexity index is 1070. The number of nitrogens with zero attached hydrogens (tertiary/aromatic N) is 5. The van der Waals surface area contributed by atoms with Crippen molar-refractivity contribution in [3.05, 3.63) is 47.4 Å². The van der Waals surface area contributed by atoms with Crippen LogP contribution in [0.3, 0.4) is 0 Å². The number of primary amides is 1. The van der Waals surface area contributed by atoms with Crippen LogP contribution in [0.1, 0.15) is 59.6 Å². The molecule has 4 heterocycles. The normalized spacial score (nSPS) is 29.2. The Balaban J connectivity index is 1.43. The zero-order chi connectivity index (χ0) is 20.4. The van der Waals surface area contributed by atoms with Gasteiger partial charge < -0.3 is 15.5 Å². The van der Waals surface area contributed by atoms with Gasteiger partial charge in [0, 0.05) is 47.4 Å². The quantitative estimate of drug-likeness (QED) is 0.793. The van der Waals surface area contributed by atoms with Gasteiger partial charge in [-0.2, -0.15) is 5.26 Å². The maximum Gasteiger partial charge on any atom is 0.248 e. The monoisotopic (exact) mass is 400 g/mol.